The van der Waals surface area contributed by atoms with Crippen molar-refractivity contribution in [2.24, 2.45) is 0 Å². The van der Waals surface area contributed by atoms with E-state index in [1.54, 1.807) is 32.5 Å². The number of aromatic nitrogens is 1. The van der Waals surface area contributed by atoms with Crippen LogP contribution in [0.2, 0.25) is 0 Å². The van der Waals surface area contributed by atoms with E-state index in [1.165, 1.54) is 0 Å². The fourth-order valence-electron chi connectivity index (χ4n) is 1.96. The molecule has 21 heavy (non-hydrogen) atoms. The van der Waals surface area contributed by atoms with Crippen molar-refractivity contribution < 1.29 is 14.3 Å². The highest BCUT2D eigenvalue weighted by Gasteiger charge is 2.10. The van der Waals surface area contributed by atoms with Crippen molar-refractivity contribution in [3.8, 4) is 11.5 Å². The number of amides is 1. The average molecular weight is 286 g/mol. The molecule has 0 atom stereocenters. The van der Waals surface area contributed by atoms with Crippen LogP contribution in [0, 0.1) is 6.92 Å². The van der Waals surface area contributed by atoms with Crippen LogP contribution in [0.1, 0.15) is 11.1 Å². The zero-order chi connectivity index (χ0) is 15.2. The molecule has 0 saturated carbocycles. The number of ether oxygens (including phenoxy) is 2. The second-order valence-electron chi connectivity index (χ2n) is 4.62. The Bertz CT molecular complexity index is 641. The van der Waals surface area contributed by atoms with Crippen molar-refractivity contribution in [3.63, 3.8) is 0 Å². The van der Waals surface area contributed by atoms with E-state index in [0.717, 1.165) is 11.1 Å². The molecule has 0 aliphatic heterocycles. The molecule has 5 nitrogen and oxygen atoms in total. The second-order valence-corrected chi connectivity index (χ2v) is 4.62. The Morgan fingerprint density at radius 2 is 2.00 bits per heavy atom. The molecule has 110 valence electrons. The maximum Gasteiger partial charge on any atom is 0.230 e. The number of nitrogens with one attached hydrogen (secondary N) is 1. The van der Waals surface area contributed by atoms with Gasteiger partial charge in [-0.3, -0.25) is 4.79 Å². The summed E-state index contributed by atoms with van der Waals surface area (Å²) in [7, 11) is 3.16. The van der Waals surface area contributed by atoms with Crippen molar-refractivity contribution >= 4 is 11.7 Å². The smallest absolute Gasteiger partial charge is 0.230 e. The van der Waals surface area contributed by atoms with Crippen molar-refractivity contribution in [1.82, 2.24) is 4.98 Å². The van der Waals surface area contributed by atoms with E-state index in [2.05, 4.69) is 10.3 Å². The Morgan fingerprint density at radius 3 is 2.67 bits per heavy atom. The van der Waals surface area contributed by atoms with Crippen molar-refractivity contribution in [1.29, 1.82) is 0 Å². The minimum Gasteiger partial charge on any atom is -0.497 e. The SMILES string of the molecule is COc1ccc(CC(=O)Nc2cc(C)ccn2)c(OC)c1. The number of carbonyl (C=O) groups is 1. The van der Waals surface area contributed by atoms with Crippen LogP contribution < -0.4 is 14.8 Å². The first-order valence-corrected chi connectivity index (χ1v) is 6.56. The van der Waals surface area contributed by atoms with Gasteiger partial charge in [-0.2, -0.15) is 0 Å². The third-order valence-corrected chi connectivity index (χ3v) is 3.03. The van der Waals surface area contributed by atoms with E-state index in [1.807, 2.05) is 25.1 Å². The maximum absolute atomic E-state index is 12.1. The fourth-order valence-corrected chi connectivity index (χ4v) is 1.96. The quantitative estimate of drug-likeness (QED) is 0.917. The predicted octanol–water partition coefficient (Wildman–Crippen LogP) is 2.59. The highest BCUT2D eigenvalue weighted by Crippen LogP contribution is 2.25. The lowest BCUT2D eigenvalue weighted by Crippen LogP contribution is -2.15. The van der Waals surface area contributed by atoms with Gasteiger partial charge in [0.1, 0.15) is 17.3 Å². The van der Waals surface area contributed by atoms with Crippen LogP contribution in [0.25, 0.3) is 0 Å². The molecule has 5 heteroatoms. The van der Waals surface area contributed by atoms with Crippen LogP contribution in [0.4, 0.5) is 5.82 Å². The number of hydrogen-bond acceptors (Lipinski definition) is 4. The number of rotatable bonds is 5. The zero-order valence-corrected chi connectivity index (χ0v) is 12.3. The third-order valence-electron chi connectivity index (χ3n) is 3.03. The molecule has 0 spiro atoms. The molecule has 1 heterocycles. The first-order chi connectivity index (χ1) is 10.1. The summed E-state index contributed by atoms with van der Waals surface area (Å²) in [5, 5.41) is 2.77. The molecule has 1 aromatic heterocycles. The van der Waals surface area contributed by atoms with Crippen LogP contribution in [-0.2, 0) is 11.2 Å². The van der Waals surface area contributed by atoms with Gasteiger partial charge in [-0.05, 0) is 30.7 Å². The minimum atomic E-state index is -0.142. The molecule has 2 aromatic rings. The van der Waals surface area contributed by atoms with Crippen LogP contribution in [0.5, 0.6) is 11.5 Å². The molecular formula is C16H18N2O3. The maximum atomic E-state index is 12.1. The lowest BCUT2D eigenvalue weighted by atomic mass is 10.1. The molecule has 0 bridgehead atoms. The van der Waals surface area contributed by atoms with Crippen LogP contribution in [-0.4, -0.2) is 25.1 Å². The summed E-state index contributed by atoms with van der Waals surface area (Å²) in [4.78, 5) is 16.2. The van der Waals surface area contributed by atoms with Crippen molar-refractivity contribution in [2.45, 2.75) is 13.3 Å². The molecule has 0 radical (unpaired) electrons. The summed E-state index contributed by atoms with van der Waals surface area (Å²) in [5.41, 5.74) is 1.84. The van der Waals surface area contributed by atoms with Gasteiger partial charge in [0.25, 0.3) is 0 Å². The van der Waals surface area contributed by atoms with Gasteiger partial charge in [-0.15, -0.1) is 0 Å². The summed E-state index contributed by atoms with van der Waals surface area (Å²) in [6.45, 7) is 1.95. The number of carbonyl (C=O) groups excluding carboxylic acids is 1. The number of aryl methyl sites for hydroxylation is 1. The molecule has 2 rings (SSSR count). The summed E-state index contributed by atoms with van der Waals surface area (Å²) in [6, 6.07) is 9.08. The van der Waals surface area contributed by atoms with E-state index >= 15 is 0 Å². The lowest BCUT2D eigenvalue weighted by molar-refractivity contribution is -0.115. The number of hydrogen-bond donors (Lipinski definition) is 1. The molecule has 0 fully saturated rings. The van der Waals surface area contributed by atoms with E-state index in [0.29, 0.717) is 17.3 Å². The number of benzene rings is 1. The Balaban J connectivity index is 2.09. The highest BCUT2D eigenvalue weighted by atomic mass is 16.5. The summed E-state index contributed by atoms with van der Waals surface area (Å²) < 4.78 is 10.4. The Hall–Kier alpha value is -2.56. The Kier molecular flexibility index (Phi) is 4.77. The first-order valence-electron chi connectivity index (χ1n) is 6.56. The number of nitrogens with zero attached hydrogens (tertiary/aromatic N) is 1. The van der Waals surface area contributed by atoms with E-state index in [9.17, 15) is 4.79 Å². The largest absolute Gasteiger partial charge is 0.497 e. The molecular weight excluding hydrogens is 268 g/mol. The summed E-state index contributed by atoms with van der Waals surface area (Å²) in [6.07, 6.45) is 1.88. The molecule has 1 aromatic carbocycles. The highest BCUT2D eigenvalue weighted by molar-refractivity contribution is 5.91. The number of pyridine rings is 1. The first kappa shape index (κ1) is 14.8. The fraction of sp³-hybridized carbons (Fsp3) is 0.250. The van der Waals surface area contributed by atoms with E-state index in [4.69, 9.17) is 9.47 Å². The standard InChI is InChI=1S/C16H18N2O3/c1-11-6-7-17-15(8-11)18-16(19)9-12-4-5-13(20-2)10-14(12)21-3/h4-8,10H,9H2,1-3H3,(H,17,18,19). The van der Waals surface area contributed by atoms with Gasteiger partial charge in [0.05, 0.1) is 20.6 Å². The molecule has 0 unspecified atom stereocenters. The molecule has 1 N–H and O–H groups in total. The molecule has 0 saturated heterocycles. The average Bonchev–Trinajstić information content (AvgIpc) is 2.47. The summed E-state index contributed by atoms with van der Waals surface area (Å²) >= 11 is 0. The monoisotopic (exact) mass is 286 g/mol. The molecule has 0 aliphatic carbocycles. The van der Waals surface area contributed by atoms with Gasteiger partial charge in [0.15, 0.2) is 0 Å². The van der Waals surface area contributed by atoms with Crippen LogP contribution in [0.3, 0.4) is 0 Å². The van der Waals surface area contributed by atoms with Gasteiger partial charge in [0, 0.05) is 17.8 Å². The second kappa shape index (κ2) is 6.74. The van der Waals surface area contributed by atoms with Gasteiger partial charge < -0.3 is 14.8 Å². The third kappa shape index (κ3) is 3.95. The van der Waals surface area contributed by atoms with Crippen LogP contribution in [0.15, 0.2) is 36.5 Å². The predicted molar refractivity (Wildman–Crippen MR) is 80.9 cm³/mol. The number of anilines is 1. The Labute approximate surface area is 123 Å². The number of methoxy groups -OCH3 is 2. The van der Waals surface area contributed by atoms with Crippen molar-refractivity contribution in [3.05, 3.63) is 47.7 Å². The van der Waals surface area contributed by atoms with E-state index in [-0.39, 0.29) is 12.3 Å². The topological polar surface area (TPSA) is 60.5 Å². The van der Waals surface area contributed by atoms with Gasteiger partial charge in [0.2, 0.25) is 5.91 Å². The van der Waals surface area contributed by atoms with Crippen LogP contribution >= 0.6 is 0 Å². The van der Waals surface area contributed by atoms with Gasteiger partial charge in [-0.1, -0.05) is 6.07 Å². The van der Waals surface area contributed by atoms with E-state index < -0.39 is 0 Å². The molecule has 0 aliphatic rings. The minimum absolute atomic E-state index is 0.142. The lowest BCUT2D eigenvalue weighted by Gasteiger charge is -2.10. The van der Waals surface area contributed by atoms with Gasteiger partial charge in [-0.25, -0.2) is 4.98 Å². The van der Waals surface area contributed by atoms with Gasteiger partial charge >= 0.3 is 0 Å². The molecule has 1 amide bonds. The Morgan fingerprint density at radius 1 is 1.19 bits per heavy atom. The van der Waals surface area contributed by atoms with Crippen molar-refractivity contribution in [2.75, 3.05) is 19.5 Å². The normalized spacial score (nSPS) is 10.0. The summed E-state index contributed by atoms with van der Waals surface area (Å²) in [5.74, 6) is 1.72. The zero-order valence-electron chi connectivity index (χ0n) is 12.3.